The lowest BCUT2D eigenvalue weighted by molar-refractivity contribution is -0.198. The molecule has 1 aliphatic rings. The van der Waals surface area contributed by atoms with Gasteiger partial charge in [0.05, 0.1) is 47.4 Å². The zero-order valence-electron chi connectivity index (χ0n) is 17.8. The molecule has 12 heteroatoms. The number of fused-ring (bicyclic) bond motifs is 1. The van der Waals surface area contributed by atoms with Crippen molar-refractivity contribution in [2.45, 2.75) is 31.7 Å². The van der Waals surface area contributed by atoms with Crippen LogP contribution in [0.5, 0.6) is 0 Å². The lowest BCUT2D eigenvalue weighted by Crippen LogP contribution is -2.54. The van der Waals surface area contributed by atoms with Gasteiger partial charge < -0.3 is 10.6 Å². The summed E-state index contributed by atoms with van der Waals surface area (Å²) in [5, 5.41) is 4.64. The first-order valence-electron chi connectivity index (χ1n) is 10.2. The van der Waals surface area contributed by atoms with Crippen LogP contribution >= 0.6 is 23.2 Å². The third-order valence-corrected chi connectivity index (χ3v) is 6.40. The summed E-state index contributed by atoms with van der Waals surface area (Å²) in [5.41, 5.74) is 6.77. The van der Waals surface area contributed by atoms with Gasteiger partial charge in [0.25, 0.3) is 5.91 Å². The average Bonchev–Trinajstić information content (AvgIpc) is 3.19. The Balaban J connectivity index is 1.74. The number of amides is 2. The van der Waals surface area contributed by atoms with Crippen molar-refractivity contribution >= 4 is 40.7 Å². The van der Waals surface area contributed by atoms with Crippen LogP contribution in [0.2, 0.25) is 10.0 Å². The maximum absolute atomic E-state index is 14.0. The monoisotopic (exact) mass is 521 g/mol. The molecule has 0 radical (unpaired) electrons. The molecule has 2 amide bonds. The summed E-state index contributed by atoms with van der Waals surface area (Å²) in [7, 11) is 0. The first-order chi connectivity index (χ1) is 16.5. The van der Waals surface area contributed by atoms with Crippen LogP contribution < -0.4 is 5.73 Å². The quantitative estimate of drug-likeness (QED) is 0.489. The number of primary amides is 1. The molecule has 0 saturated heterocycles. The second kappa shape index (κ2) is 9.24. The molecule has 0 spiro atoms. The van der Waals surface area contributed by atoms with Crippen LogP contribution in [0.4, 0.5) is 18.9 Å². The summed E-state index contributed by atoms with van der Waals surface area (Å²) >= 11 is 12.0. The Hall–Kier alpha value is -3.55. The smallest absolute Gasteiger partial charge is 0.365 e. The topological polar surface area (TPSA) is 85.6 Å². The number of nitrogens with zero attached hydrogens (tertiary/aromatic N) is 4. The van der Waals surface area contributed by atoms with E-state index in [1.807, 2.05) is 0 Å². The molecule has 0 fully saturated rings. The van der Waals surface area contributed by atoms with Gasteiger partial charge in [0.2, 0.25) is 5.91 Å². The van der Waals surface area contributed by atoms with Crippen molar-refractivity contribution in [1.29, 1.82) is 0 Å². The van der Waals surface area contributed by atoms with Gasteiger partial charge in [0.15, 0.2) is 5.69 Å². The van der Waals surface area contributed by atoms with Gasteiger partial charge in [-0.3, -0.25) is 14.3 Å². The van der Waals surface area contributed by atoms with Crippen molar-refractivity contribution in [2.24, 2.45) is 5.73 Å². The Morgan fingerprint density at radius 3 is 2.40 bits per heavy atom. The fourth-order valence-electron chi connectivity index (χ4n) is 3.95. The number of hydrogen-bond acceptors (Lipinski definition) is 3. The highest BCUT2D eigenvalue weighted by molar-refractivity contribution is 6.42. The second-order valence-corrected chi connectivity index (χ2v) is 8.69. The van der Waals surface area contributed by atoms with Gasteiger partial charge in [-0.15, -0.1) is 0 Å². The van der Waals surface area contributed by atoms with Crippen molar-refractivity contribution in [3.8, 4) is 11.3 Å². The molecule has 180 valence electrons. The maximum Gasteiger partial charge on any atom is 0.410 e. The number of carbonyl (C=O) groups is 2. The molecule has 0 bridgehead atoms. The number of aromatic nitrogens is 2. The predicted octanol–water partition coefficient (Wildman–Crippen LogP) is 5.02. The highest BCUT2D eigenvalue weighted by Gasteiger charge is 2.49. The van der Waals surface area contributed by atoms with E-state index in [-0.39, 0.29) is 33.4 Å². The third-order valence-electron chi connectivity index (χ3n) is 5.66. The Labute approximate surface area is 207 Å². The highest BCUT2D eigenvalue weighted by Crippen LogP contribution is 2.36. The summed E-state index contributed by atoms with van der Waals surface area (Å²) < 4.78 is 43.0. The second-order valence-electron chi connectivity index (χ2n) is 7.88. The van der Waals surface area contributed by atoms with E-state index in [2.05, 4.69) is 9.94 Å². The zero-order valence-corrected chi connectivity index (χ0v) is 19.3. The standard InChI is InChI=1S/C23H16Cl2F3N5O2/c1-30-14-5-2-12(3-6-14)8-19(34)32-10-17-20(22(29)35)21(13-4-7-15(24)16(25)9-13)31-33(17)11-18(32)23(26,27)28/h2-7,9,18H,8,10-11H2,(H2,29,35). The summed E-state index contributed by atoms with van der Waals surface area (Å²) in [6.07, 6.45) is -5.06. The number of alkyl halides is 3. The molecule has 1 aromatic heterocycles. The lowest BCUT2D eigenvalue weighted by atomic mass is 10.0. The number of benzene rings is 2. The minimum Gasteiger partial charge on any atom is -0.365 e. The molecule has 0 saturated carbocycles. The Morgan fingerprint density at radius 2 is 1.83 bits per heavy atom. The summed E-state index contributed by atoms with van der Waals surface area (Å²) in [6, 6.07) is 8.25. The Morgan fingerprint density at radius 1 is 1.14 bits per heavy atom. The van der Waals surface area contributed by atoms with Crippen LogP contribution in [0.1, 0.15) is 21.6 Å². The van der Waals surface area contributed by atoms with Crippen molar-refractivity contribution in [1.82, 2.24) is 14.7 Å². The largest absolute Gasteiger partial charge is 0.410 e. The molecular weight excluding hydrogens is 506 g/mol. The van der Waals surface area contributed by atoms with E-state index in [1.54, 1.807) is 0 Å². The molecule has 0 aliphatic carbocycles. The molecule has 1 unspecified atom stereocenters. The minimum absolute atomic E-state index is 0.0519. The molecule has 2 N–H and O–H groups in total. The van der Waals surface area contributed by atoms with Gasteiger partial charge >= 0.3 is 6.18 Å². The first-order valence-corrected chi connectivity index (χ1v) is 10.9. The first kappa shape index (κ1) is 24.6. The number of nitrogens with two attached hydrogens (primary N) is 1. The van der Waals surface area contributed by atoms with Gasteiger partial charge in [-0.05, 0) is 17.7 Å². The predicted molar refractivity (Wildman–Crippen MR) is 123 cm³/mol. The van der Waals surface area contributed by atoms with Crippen molar-refractivity contribution in [3.63, 3.8) is 0 Å². The van der Waals surface area contributed by atoms with E-state index < -0.39 is 37.1 Å². The van der Waals surface area contributed by atoms with Gasteiger partial charge in [-0.25, -0.2) is 4.85 Å². The minimum atomic E-state index is -4.75. The molecule has 2 heterocycles. The van der Waals surface area contributed by atoms with E-state index in [0.29, 0.717) is 21.7 Å². The molecule has 1 atom stereocenters. The molecule has 3 aromatic rings. The van der Waals surface area contributed by atoms with E-state index in [1.165, 1.54) is 42.5 Å². The van der Waals surface area contributed by atoms with Crippen LogP contribution in [0.3, 0.4) is 0 Å². The fourth-order valence-corrected chi connectivity index (χ4v) is 4.25. The normalized spacial score (nSPS) is 15.4. The molecule has 35 heavy (non-hydrogen) atoms. The van der Waals surface area contributed by atoms with Gasteiger partial charge in [-0.2, -0.15) is 18.3 Å². The summed E-state index contributed by atoms with van der Waals surface area (Å²) in [6.45, 7) is 5.76. The molecule has 4 rings (SSSR count). The highest BCUT2D eigenvalue weighted by atomic mass is 35.5. The number of rotatable bonds is 4. The van der Waals surface area contributed by atoms with Crippen molar-refractivity contribution in [2.75, 3.05) is 0 Å². The van der Waals surface area contributed by atoms with E-state index >= 15 is 0 Å². The SMILES string of the molecule is [C-]#[N+]c1ccc(CC(=O)N2Cc3c(C(N)=O)c(-c4ccc(Cl)c(Cl)c4)nn3CC2C(F)(F)F)cc1. The van der Waals surface area contributed by atoms with Crippen LogP contribution in [-0.4, -0.2) is 38.7 Å². The van der Waals surface area contributed by atoms with Crippen LogP contribution in [0.25, 0.3) is 16.1 Å². The van der Waals surface area contributed by atoms with Crippen LogP contribution in [0, 0.1) is 6.57 Å². The van der Waals surface area contributed by atoms with Crippen molar-refractivity contribution < 1.29 is 22.8 Å². The molecule has 2 aromatic carbocycles. The number of hydrogen-bond donors (Lipinski definition) is 1. The maximum atomic E-state index is 14.0. The number of halogens is 5. The molecule has 1 aliphatic heterocycles. The Kier molecular flexibility index (Phi) is 6.49. The van der Waals surface area contributed by atoms with E-state index in [0.717, 1.165) is 4.68 Å². The zero-order chi connectivity index (χ0) is 25.5. The molecule has 7 nitrogen and oxygen atoms in total. The summed E-state index contributed by atoms with van der Waals surface area (Å²) in [5.74, 6) is -1.69. The third kappa shape index (κ3) is 4.83. The summed E-state index contributed by atoms with van der Waals surface area (Å²) in [4.78, 5) is 29.3. The van der Waals surface area contributed by atoms with Crippen molar-refractivity contribution in [3.05, 3.63) is 80.7 Å². The number of carbonyl (C=O) groups excluding carboxylic acids is 2. The fraction of sp³-hybridized carbons (Fsp3) is 0.217. The van der Waals surface area contributed by atoms with E-state index in [9.17, 15) is 22.8 Å². The van der Waals surface area contributed by atoms with Crippen LogP contribution in [0.15, 0.2) is 42.5 Å². The van der Waals surface area contributed by atoms with E-state index in [4.69, 9.17) is 35.5 Å². The lowest BCUT2D eigenvalue weighted by Gasteiger charge is -2.37. The van der Waals surface area contributed by atoms with Gasteiger partial charge in [0.1, 0.15) is 11.7 Å². The van der Waals surface area contributed by atoms with Gasteiger partial charge in [0, 0.05) is 5.56 Å². The van der Waals surface area contributed by atoms with Crippen LogP contribution in [-0.2, 0) is 24.3 Å². The average molecular weight is 522 g/mol. The Bertz CT molecular complexity index is 1360. The van der Waals surface area contributed by atoms with Gasteiger partial charge in [-0.1, -0.05) is 53.5 Å². The molecular formula is C23H16Cl2F3N5O2.